The van der Waals surface area contributed by atoms with Gasteiger partial charge in [0, 0.05) is 50.1 Å². The molecule has 0 spiro atoms. The van der Waals surface area contributed by atoms with Gasteiger partial charge in [-0.25, -0.2) is 13.2 Å². The largest absolute Gasteiger partial charge is 0.461 e. The highest BCUT2D eigenvalue weighted by molar-refractivity contribution is 7.23. The molecular weight excluding hydrogens is 750 g/mol. The highest BCUT2D eigenvalue weighted by atomic mass is 35.5. The number of nitriles is 1. The van der Waals surface area contributed by atoms with Crippen LogP contribution < -0.4 is 15.4 Å². The number of rotatable bonds is 6. The van der Waals surface area contributed by atoms with E-state index in [-0.39, 0.29) is 83.5 Å². The number of fused-ring (bicyclic) bond motifs is 4. The predicted octanol–water partition coefficient (Wildman–Crippen LogP) is 7.33. The number of halogens is 5. The standard InChI is InChI=1S/C36H32Cl2F3N9O2S/c1-47(2)34(51)30-27(38)24-16-48(8-4-10-50(24)46-30)33-20-11-22(37)26(19-5-6-23(40)31-25(19)21(14-42)32(43)53-31)28(41)29(20)44-35(45-33)52-17-36-7-3-9-49(36)15-18(12-36)13-39/h5-6,11,13H,3-4,7-10,12,15-17,43H2,1-2H3/b18-13-. The van der Waals surface area contributed by atoms with Crippen LogP contribution in [0.2, 0.25) is 10.0 Å². The maximum atomic E-state index is 17.2. The third-order valence-electron chi connectivity index (χ3n) is 10.4. The number of carbonyl (C=O) groups is 1. The highest BCUT2D eigenvalue weighted by Crippen LogP contribution is 2.46. The smallest absolute Gasteiger partial charge is 0.319 e. The maximum absolute atomic E-state index is 17.2. The summed E-state index contributed by atoms with van der Waals surface area (Å²) in [5.41, 5.74) is 7.01. The summed E-state index contributed by atoms with van der Waals surface area (Å²) in [6, 6.07) is 6.02. The van der Waals surface area contributed by atoms with Crippen LogP contribution in [-0.4, -0.2) is 81.3 Å². The normalized spacial score (nSPS) is 19.5. The van der Waals surface area contributed by atoms with Crippen LogP contribution >= 0.6 is 34.5 Å². The summed E-state index contributed by atoms with van der Waals surface area (Å²) < 4.78 is 54.0. The lowest BCUT2D eigenvalue weighted by Gasteiger charge is -2.31. The molecule has 0 aliphatic carbocycles. The molecule has 0 radical (unpaired) electrons. The molecule has 2 aromatic carbocycles. The minimum Gasteiger partial charge on any atom is -0.461 e. The molecule has 17 heteroatoms. The van der Waals surface area contributed by atoms with Gasteiger partial charge in [0.25, 0.3) is 5.91 Å². The first-order valence-electron chi connectivity index (χ1n) is 16.9. The lowest BCUT2D eigenvalue weighted by atomic mass is 9.94. The Bertz CT molecular complexity index is 2430. The summed E-state index contributed by atoms with van der Waals surface area (Å²) in [6.45, 7) is 2.52. The number of ether oxygens (including phenoxy) is 1. The molecule has 5 aromatic rings. The fraction of sp³-hybridized carbons (Fsp3) is 0.361. The molecule has 3 aliphatic rings. The fourth-order valence-corrected chi connectivity index (χ4v) is 9.40. The number of nitrogens with two attached hydrogens (primary N) is 1. The number of anilines is 2. The number of nitrogens with zero attached hydrogens (tertiary/aromatic N) is 8. The summed E-state index contributed by atoms with van der Waals surface area (Å²) in [7, 11) is 3.24. The fourth-order valence-electron chi connectivity index (χ4n) is 7.88. The van der Waals surface area contributed by atoms with Gasteiger partial charge in [0.15, 0.2) is 11.5 Å². The topological polar surface area (TPSA) is 129 Å². The van der Waals surface area contributed by atoms with Crippen LogP contribution in [0.5, 0.6) is 6.01 Å². The third-order valence-corrected chi connectivity index (χ3v) is 12.1. The van der Waals surface area contributed by atoms with Gasteiger partial charge in [-0.2, -0.15) is 20.3 Å². The van der Waals surface area contributed by atoms with E-state index in [1.54, 1.807) is 24.8 Å². The first kappa shape index (κ1) is 35.4. The Labute approximate surface area is 315 Å². The number of amides is 1. The van der Waals surface area contributed by atoms with E-state index in [4.69, 9.17) is 38.7 Å². The highest BCUT2D eigenvalue weighted by Gasteiger charge is 2.47. The van der Waals surface area contributed by atoms with Crippen molar-refractivity contribution in [2.24, 2.45) is 0 Å². The molecule has 3 aliphatic heterocycles. The molecule has 53 heavy (non-hydrogen) atoms. The van der Waals surface area contributed by atoms with Crippen LogP contribution in [0.3, 0.4) is 0 Å². The molecule has 8 rings (SSSR count). The number of aryl methyl sites for hydroxylation is 1. The van der Waals surface area contributed by atoms with Gasteiger partial charge in [-0.3, -0.25) is 14.4 Å². The summed E-state index contributed by atoms with van der Waals surface area (Å²) >= 11 is 14.6. The number of carbonyl (C=O) groups excluding carboxylic acids is 1. The monoisotopic (exact) mass is 781 g/mol. The van der Waals surface area contributed by atoms with Crippen LogP contribution in [0.25, 0.3) is 32.1 Å². The van der Waals surface area contributed by atoms with Crippen molar-refractivity contribution in [1.29, 1.82) is 5.26 Å². The molecule has 2 N–H and O–H groups in total. The lowest BCUT2D eigenvalue weighted by Crippen LogP contribution is -2.43. The van der Waals surface area contributed by atoms with Crippen molar-refractivity contribution in [3.8, 4) is 23.2 Å². The summed E-state index contributed by atoms with van der Waals surface area (Å²) in [4.78, 5) is 27.8. The first-order valence-corrected chi connectivity index (χ1v) is 18.5. The summed E-state index contributed by atoms with van der Waals surface area (Å²) in [6.07, 6.45) is 3.44. The van der Waals surface area contributed by atoms with E-state index < -0.39 is 17.2 Å². The lowest BCUT2D eigenvalue weighted by molar-refractivity contribution is 0.0821. The number of hydrogen-bond acceptors (Lipinski definition) is 10. The number of benzene rings is 2. The molecule has 2 saturated heterocycles. The third kappa shape index (κ3) is 5.74. The van der Waals surface area contributed by atoms with Gasteiger partial charge in [-0.05, 0) is 55.5 Å². The van der Waals surface area contributed by atoms with Crippen molar-refractivity contribution in [1.82, 2.24) is 29.5 Å². The zero-order valence-corrected chi connectivity index (χ0v) is 31.0. The Morgan fingerprint density at radius 1 is 1.19 bits per heavy atom. The Balaban J connectivity index is 1.29. The Kier molecular flexibility index (Phi) is 8.92. The first-order chi connectivity index (χ1) is 25.4. The second-order valence-electron chi connectivity index (χ2n) is 13.8. The van der Waals surface area contributed by atoms with Gasteiger partial charge in [0.05, 0.1) is 44.4 Å². The Morgan fingerprint density at radius 2 is 2.00 bits per heavy atom. The van der Waals surface area contributed by atoms with Gasteiger partial charge in [-0.1, -0.05) is 29.3 Å². The molecule has 1 amide bonds. The van der Waals surface area contributed by atoms with E-state index in [0.717, 1.165) is 30.7 Å². The molecule has 1 atom stereocenters. The van der Waals surface area contributed by atoms with Crippen molar-refractivity contribution < 1.29 is 22.7 Å². The van der Waals surface area contributed by atoms with E-state index >= 15 is 4.39 Å². The van der Waals surface area contributed by atoms with Gasteiger partial charge in [0.2, 0.25) is 0 Å². The van der Waals surface area contributed by atoms with Crippen LogP contribution in [0.4, 0.5) is 24.0 Å². The van der Waals surface area contributed by atoms with Crippen molar-refractivity contribution in [3.05, 3.63) is 68.7 Å². The van der Waals surface area contributed by atoms with Crippen LogP contribution in [-0.2, 0) is 13.1 Å². The zero-order valence-electron chi connectivity index (χ0n) is 28.7. The Morgan fingerprint density at radius 3 is 2.75 bits per heavy atom. The van der Waals surface area contributed by atoms with Crippen molar-refractivity contribution >= 4 is 72.3 Å². The Hall–Kier alpha value is -4.62. The van der Waals surface area contributed by atoms with E-state index in [1.807, 2.05) is 11.0 Å². The molecule has 274 valence electrons. The van der Waals surface area contributed by atoms with Gasteiger partial charge in [-0.15, -0.1) is 11.3 Å². The number of thiophene rings is 1. The van der Waals surface area contributed by atoms with Gasteiger partial charge < -0.3 is 20.3 Å². The zero-order chi connectivity index (χ0) is 37.3. The van der Waals surface area contributed by atoms with Gasteiger partial charge in [0.1, 0.15) is 34.8 Å². The molecular formula is C36H32Cl2F3N9O2S. The van der Waals surface area contributed by atoms with Crippen LogP contribution in [0.15, 0.2) is 30.1 Å². The summed E-state index contributed by atoms with van der Waals surface area (Å²) in [5, 5.41) is 15.1. The van der Waals surface area contributed by atoms with Crippen molar-refractivity contribution in [2.75, 3.05) is 51.0 Å². The van der Waals surface area contributed by atoms with E-state index in [2.05, 4.69) is 15.0 Å². The number of aromatic nitrogens is 4. The molecule has 1 unspecified atom stereocenters. The minimum atomic E-state index is -0.830. The van der Waals surface area contributed by atoms with Crippen LogP contribution in [0.1, 0.15) is 47.4 Å². The second kappa shape index (κ2) is 13.3. The molecule has 11 nitrogen and oxygen atoms in total. The minimum absolute atomic E-state index is 0.0197. The number of hydrogen-bond donors (Lipinski definition) is 1. The maximum Gasteiger partial charge on any atom is 0.319 e. The van der Waals surface area contributed by atoms with E-state index in [9.17, 15) is 18.8 Å². The SMILES string of the molecule is CN(C)C(=O)c1nn2c(c1Cl)CN(c1nc(OCC34CCCN3C/C(=C\F)C4)nc3c(F)c(-c4ccc(F)c5sc(N)c(C#N)c45)c(Cl)cc13)CCC2. The van der Waals surface area contributed by atoms with Gasteiger partial charge >= 0.3 is 6.01 Å². The van der Waals surface area contributed by atoms with Crippen molar-refractivity contribution in [2.45, 2.75) is 44.3 Å². The predicted molar refractivity (Wildman–Crippen MR) is 198 cm³/mol. The van der Waals surface area contributed by atoms with E-state index in [0.29, 0.717) is 55.9 Å². The number of nitrogen functional groups attached to an aromatic ring is 1. The molecule has 0 bridgehead atoms. The molecule has 3 aromatic heterocycles. The average Bonchev–Trinajstić information content (AvgIpc) is 3.83. The quantitative estimate of drug-likeness (QED) is 0.188. The summed E-state index contributed by atoms with van der Waals surface area (Å²) in [5.74, 6) is -1.47. The van der Waals surface area contributed by atoms with Crippen LogP contribution in [0, 0.1) is 23.0 Å². The molecule has 2 fully saturated rings. The second-order valence-corrected chi connectivity index (χ2v) is 15.7. The molecule has 0 saturated carbocycles. The van der Waals surface area contributed by atoms with E-state index in [1.165, 1.54) is 17.0 Å². The van der Waals surface area contributed by atoms with Crippen molar-refractivity contribution in [3.63, 3.8) is 0 Å². The molecule has 6 heterocycles. The average molecular weight is 783 g/mol.